The molecule has 298 valence electrons. The second-order valence-electron chi connectivity index (χ2n) is 17.0. The van der Waals surface area contributed by atoms with Crippen molar-refractivity contribution in [3.05, 3.63) is 223 Å². The molecule has 1 aliphatic carbocycles. The maximum atomic E-state index is 6.33. The van der Waals surface area contributed by atoms with Gasteiger partial charge < -0.3 is 9.64 Å². The van der Waals surface area contributed by atoms with E-state index in [1.165, 1.54) is 44.2 Å². The molecule has 1 aromatic heterocycles. The van der Waals surface area contributed by atoms with E-state index in [4.69, 9.17) is 14.7 Å². The standard InChI is InChI=1S/C59H41N3O/c1-59(2)50-32-30-43(42-18-12-19-45(34-42)62-54-22-8-10-24-56(54)63-57-25-11-9-23-55(57)62)35-48(50)49-36-44(31-33-51(49)59)52-37-53(47-21-13-17-40-16-6-7-20-46(40)47)61-58(60-52)41-28-26-39(27-29-41)38-14-4-3-5-15-38/h3-37H,1-2H3. The fourth-order valence-corrected chi connectivity index (χ4v) is 9.67. The molecule has 0 radical (unpaired) electrons. The highest BCUT2D eigenvalue weighted by atomic mass is 16.5. The van der Waals surface area contributed by atoms with Crippen LogP contribution in [0.1, 0.15) is 25.0 Å². The lowest BCUT2D eigenvalue weighted by Crippen LogP contribution is -2.15. The Kier molecular flexibility index (Phi) is 8.48. The molecular weight excluding hydrogens is 767 g/mol. The summed E-state index contributed by atoms with van der Waals surface area (Å²) in [5.74, 6) is 2.38. The van der Waals surface area contributed by atoms with Crippen LogP contribution in [0.15, 0.2) is 212 Å². The number of hydrogen-bond acceptors (Lipinski definition) is 4. The monoisotopic (exact) mass is 807 g/mol. The predicted octanol–water partition coefficient (Wildman–Crippen LogP) is 15.8. The zero-order chi connectivity index (χ0) is 42.1. The molecule has 0 N–H and O–H groups in total. The smallest absolute Gasteiger partial charge is 0.160 e. The summed E-state index contributed by atoms with van der Waals surface area (Å²) in [4.78, 5) is 12.9. The Bertz CT molecular complexity index is 3360. The third-order valence-electron chi connectivity index (χ3n) is 12.9. The van der Waals surface area contributed by atoms with Gasteiger partial charge >= 0.3 is 0 Å². The van der Waals surface area contributed by atoms with Crippen molar-refractivity contribution >= 4 is 27.8 Å². The van der Waals surface area contributed by atoms with Crippen LogP contribution in [-0.2, 0) is 5.41 Å². The van der Waals surface area contributed by atoms with Crippen LogP contribution in [0.4, 0.5) is 17.1 Å². The highest BCUT2D eigenvalue weighted by Crippen LogP contribution is 2.53. The third kappa shape index (κ3) is 6.22. The number of nitrogens with zero attached hydrogens (tertiary/aromatic N) is 3. The van der Waals surface area contributed by atoms with Gasteiger partial charge in [0.05, 0.1) is 22.8 Å². The first-order valence-corrected chi connectivity index (χ1v) is 21.6. The topological polar surface area (TPSA) is 38.2 Å². The van der Waals surface area contributed by atoms with E-state index in [-0.39, 0.29) is 5.41 Å². The number of aromatic nitrogens is 2. The van der Waals surface area contributed by atoms with Gasteiger partial charge in [0.25, 0.3) is 0 Å². The largest absolute Gasteiger partial charge is 0.453 e. The van der Waals surface area contributed by atoms with Crippen molar-refractivity contribution in [3.8, 4) is 78.8 Å². The van der Waals surface area contributed by atoms with E-state index >= 15 is 0 Å². The fraction of sp³-hybridized carbons (Fsp3) is 0.0508. The average molecular weight is 808 g/mol. The van der Waals surface area contributed by atoms with E-state index in [0.717, 1.165) is 67.8 Å². The van der Waals surface area contributed by atoms with Crippen LogP contribution in [-0.4, -0.2) is 9.97 Å². The van der Waals surface area contributed by atoms with Gasteiger partial charge in [-0.3, -0.25) is 0 Å². The number of rotatable bonds is 6. The number of para-hydroxylation sites is 4. The Balaban J connectivity index is 0.968. The zero-order valence-corrected chi connectivity index (χ0v) is 35.0. The van der Waals surface area contributed by atoms with Crippen LogP contribution in [0.25, 0.3) is 78.1 Å². The van der Waals surface area contributed by atoms with E-state index in [0.29, 0.717) is 5.82 Å². The molecule has 0 saturated heterocycles. The molecule has 0 atom stereocenters. The zero-order valence-electron chi connectivity index (χ0n) is 35.0. The summed E-state index contributed by atoms with van der Waals surface area (Å²) < 4.78 is 6.33. The van der Waals surface area contributed by atoms with Crippen LogP contribution < -0.4 is 9.64 Å². The first-order valence-electron chi connectivity index (χ1n) is 21.6. The average Bonchev–Trinajstić information content (AvgIpc) is 3.57. The van der Waals surface area contributed by atoms with E-state index < -0.39 is 0 Å². The van der Waals surface area contributed by atoms with Crippen molar-refractivity contribution in [1.82, 2.24) is 9.97 Å². The summed E-state index contributed by atoms with van der Waals surface area (Å²) in [5.41, 5.74) is 17.6. The van der Waals surface area contributed by atoms with Gasteiger partial charge in [0.15, 0.2) is 17.3 Å². The van der Waals surface area contributed by atoms with Gasteiger partial charge in [0, 0.05) is 27.8 Å². The van der Waals surface area contributed by atoms with Crippen molar-refractivity contribution in [2.45, 2.75) is 19.3 Å². The van der Waals surface area contributed by atoms with Crippen LogP contribution in [0.3, 0.4) is 0 Å². The molecule has 1 aliphatic heterocycles. The van der Waals surface area contributed by atoms with E-state index in [1.807, 2.05) is 30.3 Å². The molecule has 12 rings (SSSR count). The minimum absolute atomic E-state index is 0.170. The van der Waals surface area contributed by atoms with Gasteiger partial charge in [0.1, 0.15) is 0 Å². The van der Waals surface area contributed by atoms with Crippen LogP contribution in [0.2, 0.25) is 0 Å². The molecule has 0 fully saturated rings. The molecule has 9 aromatic carbocycles. The molecule has 2 aliphatic rings. The summed E-state index contributed by atoms with van der Waals surface area (Å²) in [6, 6.07) is 75.5. The second kappa shape index (κ2) is 14.5. The van der Waals surface area contributed by atoms with E-state index in [1.54, 1.807) is 0 Å². The molecule has 0 bridgehead atoms. The molecule has 4 nitrogen and oxygen atoms in total. The lowest BCUT2D eigenvalue weighted by molar-refractivity contribution is 0.477. The minimum atomic E-state index is -0.170. The van der Waals surface area contributed by atoms with E-state index in [2.05, 4.69) is 201 Å². The molecule has 10 aromatic rings. The highest BCUT2D eigenvalue weighted by molar-refractivity contribution is 5.97. The van der Waals surface area contributed by atoms with Gasteiger partial charge in [-0.05, 0) is 110 Å². The summed E-state index contributed by atoms with van der Waals surface area (Å²) >= 11 is 0. The molecule has 0 unspecified atom stereocenters. The number of ether oxygens (including phenoxy) is 1. The lowest BCUT2D eigenvalue weighted by atomic mass is 9.82. The van der Waals surface area contributed by atoms with Gasteiger partial charge in [-0.2, -0.15) is 0 Å². The first kappa shape index (κ1) is 36.7. The number of hydrogen-bond donors (Lipinski definition) is 0. The van der Waals surface area contributed by atoms with Crippen molar-refractivity contribution in [2.24, 2.45) is 0 Å². The molecule has 0 spiro atoms. The van der Waals surface area contributed by atoms with Crippen LogP contribution in [0.5, 0.6) is 11.5 Å². The summed E-state index contributed by atoms with van der Waals surface area (Å²) in [5, 5.41) is 2.35. The Hall–Kier alpha value is -8.08. The van der Waals surface area contributed by atoms with Gasteiger partial charge in [-0.1, -0.05) is 172 Å². The van der Waals surface area contributed by atoms with Gasteiger partial charge in [-0.25, -0.2) is 9.97 Å². The van der Waals surface area contributed by atoms with Crippen molar-refractivity contribution in [1.29, 1.82) is 0 Å². The lowest BCUT2D eigenvalue weighted by Gasteiger charge is -2.33. The van der Waals surface area contributed by atoms with Crippen LogP contribution >= 0.6 is 0 Å². The SMILES string of the molecule is CC1(C)c2ccc(-c3cccc(N4c5ccccc5Oc5ccccc54)c3)cc2-c2cc(-c3cc(-c4cccc5ccccc45)nc(-c4ccc(-c5ccccc5)cc4)n3)ccc21. The Morgan fingerprint density at radius 3 is 1.70 bits per heavy atom. The first-order chi connectivity index (χ1) is 31.0. The Morgan fingerprint density at radius 2 is 0.937 bits per heavy atom. The second-order valence-corrected chi connectivity index (χ2v) is 17.0. The van der Waals surface area contributed by atoms with Crippen molar-refractivity contribution in [2.75, 3.05) is 4.90 Å². The number of fused-ring (bicyclic) bond motifs is 6. The fourth-order valence-electron chi connectivity index (χ4n) is 9.67. The molecular formula is C59H41N3O. The molecule has 0 saturated carbocycles. The normalized spacial score (nSPS) is 13.1. The van der Waals surface area contributed by atoms with Crippen LogP contribution in [0, 0.1) is 0 Å². The van der Waals surface area contributed by atoms with Gasteiger partial charge in [0.2, 0.25) is 0 Å². The predicted molar refractivity (Wildman–Crippen MR) is 259 cm³/mol. The minimum Gasteiger partial charge on any atom is -0.453 e. The molecule has 4 heteroatoms. The highest BCUT2D eigenvalue weighted by Gasteiger charge is 2.36. The molecule has 0 amide bonds. The van der Waals surface area contributed by atoms with Gasteiger partial charge in [-0.15, -0.1) is 0 Å². The van der Waals surface area contributed by atoms with E-state index in [9.17, 15) is 0 Å². The Labute approximate surface area is 367 Å². The summed E-state index contributed by atoms with van der Waals surface area (Å²) in [7, 11) is 0. The molecule has 63 heavy (non-hydrogen) atoms. The summed E-state index contributed by atoms with van der Waals surface area (Å²) in [6.45, 7) is 4.68. The maximum absolute atomic E-state index is 6.33. The van der Waals surface area contributed by atoms with Crippen molar-refractivity contribution < 1.29 is 4.74 Å². The quantitative estimate of drug-likeness (QED) is 0.168. The summed E-state index contributed by atoms with van der Waals surface area (Å²) in [6.07, 6.45) is 0. The number of anilines is 3. The molecule has 2 heterocycles. The third-order valence-corrected chi connectivity index (χ3v) is 12.9. The maximum Gasteiger partial charge on any atom is 0.160 e. The number of benzene rings is 9. The Morgan fingerprint density at radius 1 is 0.397 bits per heavy atom. The van der Waals surface area contributed by atoms with Crippen molar-refractivity contribution in [3.63, 3.8) is 0 Å².